The van der Waals surface area contributed by atoms with Crippen molar-refractivity contribution in [3.63, 3.8) is 0 Å². The third-order valence-electron chi connectivity index (χ3n) is 5.27. The Morgan fingerprint density at radius 3 is 2.70 bits per heavy atom. The Kier molecular flexibility index (Phi) is 4.59. The molecule has 3 aliphatic heterocycles. The molecule has 0 bridgehead atoms. The van der Waals surface area contributed by atoms with E-state index in [0.29, 0.717) is 37.0 Å². The number of anilines is 1. The van der Waals surface area contributed by atoms with Crippen LogP contribution in [0.1, 0.15) is 40.2 Å². The maximum Gasteiger partial charge on any atom is 0.410 e. The summed E-state index contributed by atoms with van der Waals surface area (Å²) >= 11 is 0. The van der Waals surface area contributed by atoms with Gasteiger partial charge in [-0.15, -0.1) is 0 Å². The number of hydrazone groups is 1. The van der Waals surface area contributed by atoms with Crippen LogP contribution >= 0.6 is 0 Å². The number of amides is 2. The number of nitrogens with zero attached hydrogens (tertiary/aromatic N) is 3. The average molecular weight is 416 g/mol. The summed E-state index contributed by atoms with van der Waals surface area (Å²) in [5.74, 6) is 1.85. The fraction of sp³-hybridized carbons (Fsp3) is 0.571. The fourth-order valence-electron chi connectivity index (χ4n) is 3.81. The van der Waals surface area contributed by atoms with E-state index in [9.17, 15) is 9.59 Å². The summed E-state index contributed by atoms with van der Waals surface area (Å²) in [5.41, 5.74) is 3.13. The normalized spacial score (nSPS) is 22.0. The zero-order chi connectivity index (χ0) is 21.8. The maximum absolute atomic E-state index is 12.2. The van der Waals surface area contributed by atoms with E-state index in [2.05, 4.69) is 10.5 Å². The monoisotopic (exact) mass is 416 g/mol. The maximum atomic E-state index is 12.2. The molecule has 1 N–H and O–H groups in total. The standard InChI is InChI=1S/C21H28N4O5/c1-12-7-16-14(25-13(2)18(26)23-22-17(25)9-28-16)8-15(12)29-21(6)10-24(11-21)19(27)30-20(3,4)5/h7-8,13H,9-11H2,1-6H3,(H,23,26). The summed E-state index contributed by atoms with van der Waals surface area (Å²) in [6.07, 6.45) is -0.340. The minimum Gasteiger partial charge on any atom is -0.483 e. The van der Waals surface area contributed by atoms with Gasteiger partial charge >= 0.3 is 6.09 Å². The third kappa shape index (κ3) is 3.64. The minimum absolute atomic E-state index is 0.173. The Morgan fingerprint density at radius 2 is 2.03 bits per heavy atom. The first-order valence-corrected chi connectivity index (χ1v) is 10.1. The molecule has 162 valence electrons. The van der Waals surface area contributed by atoms with Gasteiger partial charge in [0.05, 0.1) is 18.8 Å². The van der Waals surface area contributed by atoms with E-state index < -0.39 is 17.2 Å². The Balaban J connectivity index is 1.53. The molecule has 1 fully saturated rings. The molecular weight excluding hydrogens is 388 g/mol. The van der Waals surface area contributed by atoms with Crippen molar-refractivity contribution in [1.82, 2.24) is 10.3 Å². The number of fused-ring (bicyclic) bond motifs is 3. The molecule has 4 rings (SSSR count). The molecule has 0 spiro atoms. The molecule has 0 aliphatic carbocycles. The van der Waals surface area contributed by atoms with E-state index in [4.69, 9.17) is 14.2 Å². The van der Waals surface area contributed by atoms with Crippen LogP contribution in [0.3, 0.4) is 0 Å². The zero-order valence-electron chi connectivity index (χ0n) is 18.2. The van der Waals surface area contributed by atoms with Gasteiger partial charge in [0.25, 0.3) is 5.91 Å². The van der Waals surface area contributed by atoms with Crippen LogP contribution in [0.4, 0.5) is 10.5 Å². The smallest absolute Gasteiger partial charge is 0.410 e. The zero-order valence-corrected chi connectivity index (χ0v) is 18.2. The molecule has 0 radical (unpaired) electrons. The van der Waals surface area contributed by atoms with E-state index in [1.165, 1.54) is 0 Å². The summed E-state index contributed by atoms with van der Waals surface area (Å²) in [4.78, 5) is 27.9. The molecule has 1 unspecified atom stereocenters. The Hall–Kier alpha value is -2.97. The number of carbonyl (C=O) groups is 2. The second kappa shape index (κ2) is 6.78. The molecule has 1 saturated heterocycles. The number of hydrogen-bond donors (Lipinski definition) is 1. The molecule has 30 heavy (non-hydrogen) atoms. The molecule has 9 nitrogen and oxygen atoms in total. The number of amidine groups is 1. The summed E-state index contributed by atoms with van der Waals surface area (Å²) < 4.78 is 17.6. The highest BCUT2D eigenvalue weighted by molar-refractivity contribution is 6.09. The van der Waals surface area contributed by atoms with Crippen molar-refractivity contribution in [2.75, 3.05) is 24.6 Å². The summed E-state index contributed by atoms with van der Waals surface area (Å²) in [6.45, 7) is 12.4. The lowest BCUT2D eigenvalue weighted by molar-refractivity contribution is -0.122. The summed E-state index contributed by atoms with van der Waals surface area (Å²) in [5, 5.41) is 4.11. The lowest BCUT2D eigenvalue weighted by Gasteiger charge is -2.47. The van der Waals surface area contributed by atoms with E-state index in [0.717, 1.165) is 11.3 Å². The van der Waals surface area contributed by atoms with Crippen molar-refractivity contribution in [2.24, 2.45) is 5.10 Å². The van der Waals surface area contributed by atoms with E-state index >= 15 is 0 Å². The molecular formula is C21H28N4O5. The van der Waals surface area contributed by atoms with Gasteiger partial charge in [-0.1, -0.05) is 0 Å². The number of hydrogen-bond acceptors (Lipinski definition) is 7. The van der Waals surface area contributed by atoms with Crippen LogP contribution in [-0.2, 0) is 9.53 Å². The van der Waals surface area contributed by atoms with Crippen LogP contribution in [0.25, 0.3) is 0 Å². The first-order valence-electron chi connectivity index (χ1n) is 10.1. The molecule has 1 aromatic carbocycles. The van der Waals surface area contributed by atoms with Crippen LogP contribution in [0.15, 0.2) is 17.2 Å². The predicted octanol–water partition coefficient (Wildman–Crippen LogP) is 2.41. The molecule has 1 aromatic rings. The van der Waals surface area contributed by atoms with Gasteiger partial charge < -0.3 is 24.0 Å². The molecule has 3 aliphatic rings. The van der Waals surface area contributed by atoms with Crippen LogP contribution in [0, 0.1) is 6.92 Å². The number of ether oxygens (including phenoxy) is 3. The van der Waals surface area contributed by atoms with E-state index in [-0.39, 0.29) is 12.0 Å². The van der Waals surface area contributed by atoms with Crippen molar-refractivity contribution >= 4 is 23.5 Å². The molecule has 2 amide bonds. The van der Waals surface area contributed by atoms with Gasteiger partial charge in [0.2, 0.25) is 0 Å². The number of nitrogens with one attached hydrogen (secondary N) is 1. The van der Waals surface area contributed by atoms with Gasteiger partial charge in [-0.25, -0.2) is 10.2 Å². The molecule has 0 saturated carbocycles. The Labute approximate surface area is 175 Å². The van der Waals surface area contributed by atoms with Gasteiger partial charge in [-0.3, -0.25) is 4.79 Å². The molecule has 0 aromatic heterocycles. The van der Waals surface area contributed by atoms with Crippen molar-refractivity contribution in [1.29, 1.82) is 0 Å². The number of carbonyl (C=O) groups excluding carboxylic acids is 2. The Bertz CT molecular complexity index is 930. The van der Waals surface area contributed by atoms with Crippen molar-refractivity contribution in [3.05, 3.63) is 17.7 Å². The highest BCUT2D eigenvalue weighted by Crippen LogP contribution is 2.41. The first-order chi connectivity index (χ1) is 14.0. The SMILES string of the molecule is Cc1cc2c(cc1OC1(C)CN(C(=O)OC(C)(C)C)C1)N1C(=NNC(=O)C1C)CO2. The summed E-state index contributed by atoms with van der Waals surface area (Å²) in [6, 6.07) is 3.39. The van der Waals surface area contributed by atoms with E-state index in [1.54, 1.807) is 4.90 Å². The summed E-state index contributed by atoms with van der Waals surface area (Å²) in [7, 11) is 0. The predicted molar refractivity (Wildman–Crippen MR) is 111 cm³/mol. The third-order valence-corrected chi connectivity index (χ3v) is 5.27. The van der Waals surface area contributed by atoms with E-state index in [1.807, 2.05) is 58.6 Å². The first kappa shape index (κ1) is 20.3. The lowest BCUT2D eigenvalue weighted by atomic mass is 9.96. The van der Waals surface area contributed by atoms with Gasteiger partial charge in [-0.05, 0) is 53.2 Å². The number of aryl methyl sites for hydroxylation is 1. The molecule has 3 heterocycles. The second-order valence-corrected chi connectivity index (χ2v) is 9.31. The van der Waals surface area contributed by atoms with Crippen molar-refractivity contribution in [2.45, 2.75) is 58.8 Å². The van der Waals surface area contributed by atoms with Gasteiger partial charge in [0.1, 0.15) is 35.3 Å². The quantitative estimate of drug-likeness (QED) is 0.796. The number of rotatable bonds is 2. The lowest BCUT2D eigenvalue weighted by Crippen LogP contribution is -2.65. The molecule has 9 heteroatoms. The highest BCUT2D eigenvalue weighted by Gasteiger charge is 2.45. The average Bonchev–Trinajstić information content (AvgIpc) is 2.61. The van der Waals surface area contributed by atoms with Gasteiger partial charge in [0, 0.05) is 6.07 Å². The Morgan fingerprint density at radius 1 is 1.33 bits per heavy atom. The van der Waals surface area contributed by atoms with Crippen molar-refractivity contribution in [3.8, 4) is 11.5 Å². The van der Waals surface area contributed by atoms with Crippen LogP contribution in [0.2, 0.25) is 0 Å². The number of likely N-dealkylation sites (tertiary alicyclic amines) is 1. The largest absolute Gasteiger partial charge is 0.483 e. The number of benzene rings is 1. The van der Waals surface area contributed by atoms with Gasteiger partial charge in [-0.2, -0.15) is 5.10 Å². The fourth-order valence-corrected chi connectivity index (χ4v) is 3.81. The second-order valence-electron chi connectivity index (χ2n) is 9.31. The van der Waals surface area contributed by atoms with Crippen molar-refractivity contribution < 1.29 is 23.8 Å². The van der Waals surface area contributed by atoms with Crippen LogP contribution in [0.5, 0.6) is 11.5 Å². The van der Waals surface area contributed by atoms with Gasteiger partial charge in [0.15, 0.2) is 5.84 Å². The minimum atomic E-state index is -0.532. The van der Waals surface area contributed by atoms with Crippen LogP contribution < -0.4 is 19.8 Å². The highest BCUT2D eigenvalue weighted by atomic mass is 16.6. The molecule has 1 atom stereocenters. The van der Waals surface area contributed by atoms with Crippen LogP contribution in [-0.4, -0.2) is 59.7 Å². The topological polar surface area (TPSA) is 92.7 Å².